The van der Waals surface area contributed by atoms with Crippen LogP contribution in [0.1, 0.15) is 10.4 Å². The molecule has 1 aromatic carbocycles. The highest BCUT2D eigenvalue weighted by Crippen LogP contribution is 2.09. The van der Waals surface area contributed by atoms with Crippen LogP contribution >= 0.6 is 0 Å². The van der Waals surface area contributed by atoms with Crippen LogP contribution in [-0.4, -0.2) is 49.4 Å². The molecule has 1 aromatic rings. The van der Waals surface area contributed by atoms with Crippen molar-refractivity contribution in [3.63, 3.8) is 0 Å². The Bertz CT molecular complexity index is 516. The number of hydrogen-bond acceptors (Lipinski definition) is 3. The van der Waals surface area contributed by atoms with Gasteiger partial charge in [0.25, 0.3) is 5.91 Å². The quantitative estimate of drug-likeness (QED) is 0.828. The zero-order chi connectivity index (χ0) is 14.5. The predicted molar refractivity (Wildman–Crippen MR) is 68.1 cm³/mol. The molecule has 1 aliphatic heterocycles. The van der Waals surface area contributed by atoms with Gasteiger partial charge in [-0.05, 0) is 12.1 Å². The Kier molecular flexibility index (Phi) is 4.62. The first-order valence-electron chi connectivity index (χ1n) is 6.29. The number of rotatable bonds is 3. The summed E-state index contributed by atoms with van der Waals surface area (Å²) in [5.41, 5.74) is -0.278. The minimum Gasteiger partial charge on any atom is -0.343 e. The molecule has 1 heterocycles. The normalized spacial score (nSPS) is 15.0. The molecule has 1 aliphatic rings. The van der Waals surface area contributed by atoms with Crippen LogP contribution in [0.4, 0.5) is 8.78 Å². The molecule has 0 radical (unpaired) electrons. The maximum atomic E-state index is 13.4. The Hall–Kier alpha value is -2.02. The van der Waals surface area contributed by atoms with Crippen molar-refractivity contribution in [1.82, 2.24) is 15.5 Å². The van der Waals surface area contributed by atoms with Crippen LogP contribution in [0.3, 0.4) is 0 Å². The van der Waals surface area contributed by atoms with Gasteiger partial charge in [-0.25, -0.2) is 8.78 Å². The average molecular weight is 283 g/mol. The Morgan fingerprint density at radius 3 is 2.60 bits per heavy atom. The number of carbonyl (C=O) groups is 2. The number of nitrogens with zero attached hydrogens (tertiary/aromatic N) is 1. The molecule has 20 heavy (non-hydrogen) atoms. The highest BCUT2D eigenvalue weighted by atomic mass is 19.1. The van der Waals surface area contributed by atoms with Crippen molar-refractivity contribution < 1.29 is 18.4 Å². The maximum Gasteiger partial charge on any atom is 0.254 e. The molecule has 7 heteroatoms. The van der Waals surface area contributed by atoms with Gasteiger partial charge in [-0.15, -0.1) is 0 Å². The molecule has 0 aromatic heterocycles. The smallest absolute Gasteiger partial charge is 0.254 e. The Morgan fingerprint density at radius 2 is 1.95 bits per heavy atom. The van der Waals surface area contributed by atoms with Gasteiger partial charge in [-0.3, -0.25) is 9.59 Å². The van der Waals surface area contributed by atoms with Crippen molar-refractivity contribution in [1.29, 1.82) is 0 Å². The van der Waals surface area contributed by atoms with Crippen molar-refractivity contribution in [2.75, 3.05) is 32.7 Å². The van der Waals surface area contributed by atoms with E-state index < -0.39 is 17.5 Å². The third-order valence-corrected chi connectivity index (χ3v) is 3.05. The average Bonchev–Trinajstić information content (AvgIpc) is 2.45. The molecule has 2 amide bonds. The predicted octanol–water partition coefficient (Wildman–Crippen LogP) is 0.126. The molecule has 1 saturated heterocycles. The fourth-order valence-corrected chi connectivity index (χ4v) is 1.95. The summed E-state index contributed by atoms with van der Waals surface area (Å²) in [6, 6.07) is 2.68. The van der Waals surface area contributed by atoms with Gasteiger partial charge in [0.15, 0.2) is 0 Å². The number of nitrogens with one attached hydrogen (secondary N) is 2. The number of benzene rings is 1. The van der Waals surface area contributed by atoms with Gasteiger partial charge in [0.05, 0.1) is 12.1 Å². The van der Waals surface area contributed by atoms with Gasteiger partial charge in [0.2, 0.25) is 5.91 Å². The molecular formula is C13H15F2N3O2. The van der Waals surface area contributed by atoms with Gasteiger partial charge < -0.3 is 15.5 Å². The second-order valence-electron chi connectivity index (χ2n) is 4.44. The van der Waals surface area contributed by atoms with E-state index in [0.717, 1.165) is 12.1 Å². The molecule has 0 bridgehead atoms. The summed E-state index contributed by atoms with van der Waals surface area (Å²) in [5.74, 6) is -2.65. The van der Waals surface area contributed by atoms with Crippen LogP contribution in [0, 0.1) is 11.6 Å². The van der Waals surface area contributed by atoms with Crippen LogP contribution in [0.2, 0.25) is 0 Å². The first-order valence-corrected chi connectivity index (χ1v) is 6.29. The fraction of sp³-hybridized carbons (Fsp3) is 0.385. The third-order valence-electron chi connectivity index (χ3n) is 3.05. The number of carbonyl (C=O) groups excluding carboxylic acids is 2. The number of piperazine rings is 1. The van der Waals surface area contributed by atoms with Gasteiger partial charge >= 0.3 is 0 Å². The van der Waals surface area contributed by atoms with Crippen molar-refractivity contribution in [3.05, 3.63) is 35.4 Å². The van der Waals surface area contributed by atoms with Gasteiger partial charge in [0.1, 0.15) is 11.6 Å². The number of hydrogen-bond donors (Lipinski definition) is 2. The zero-order valence-electron chi connectivity index (χ0n) is 10.8. The molecule has 5 nitrogen and oxygen atoms in total. The van der Waals surface area contributed by atoms with E-state index in [0.29, 0.717) is 32.2 Å². The Balaban J connectivity index is 1.89. The van der Waals surface area contributed by atoms with E-state index in [1.807, 2.05) is 0 Å². The van der Waals surface area contributed by atoms with Gasteiger partial charge in [-0.2, -0.15) is 0 Å². The highest BCUT2D eigenvalue weighted by Gasteiger charge is 2.18. The van der Waals surface area contributed by atoms with Gasteiger partial charge in [0, 0.05) is 32.2 Å². The van der Waals surface area contributed by atoms with E-state index in [1.165, 1.54) is 0 Å². The monoisotopic (exact) mass is 283 g/mol. The molecule has 0 atom stereocenters. The first kappa shape index (κ1) is 14.4. The summed E-state index contributed by atoms with van der Waals surface area (Å²) in [7, 11) is 0. The van der Waals surface area contributed by atoms with E-state index in [2.05, 4.69) is 10.6 Å². The van der Waals surface area contributed by atoms with Crippen LogP contribution in [0.25, 0.3) is 0 Å². The number of halogens is 2. The molecule has 0 saturated carbocycles. The van der Waals surface area contributed by atoms with E-state index >= 15 is 0 Å². The molecule has 1 fully saturated rings. The lowest BCUT2D eigenvalue weighted by Crippen LogP contribution is -2.49. The maximum absolute atomic E-state index is 13.4. The van der Waals surface area contributed by atoms with Crippen LogP contribution in [-0.2, 0) is 4.79 Å². The van der Waals surface area contributed by atoms with E-state index in [-0.39, 0.29) is 18.0 Å². The first-order chi connectivity index (χ1) is 9.58. The van der Waals surface area contributed by atoms with Crippen molar-refractivity contribution in [3.8, 4) is 0 Å². The summed E-state index contributed by atoms with van der Waals surface area (Å²) < 4.78 is 26.1. The van der Waals surface area contributed by atoms with Crippen LogP contribution in [0.5, 0.6) is 0 Å². The van der Waals surface area contributed by atoms with Crippen molar-refractivity contribution >= 4 is 11.8 Å². The SMILES string of the molecule is O=C(NCC(=O)N1CCNCC1)c1ccc(F)cc1F. The summed E-state index contributed by atoms with van der Waals surface area (Å²) >= 11 is 0. The molecule has 2 rings (SSSR count). The Labute approximate surface area is 114 Å². The molecule has 0 unspecified atom stereocenters. The highest BCUT2D eigenvalue weighted by molar-refractivity contribution is 5.96. The molecule has 108 valence electrons. The number of amides is 2. The molecule has 0 spiro atoms. The van der Waals surface area contributed by atoms with Crippen molar-refractivity contribution in [2.45, 2.75) is 0 Å². The van der Waals surface area contributed by atoms with E-state index in [1.54, 1.807) is 4.90 Å². The lowest BCUT2D eigenvalue weighted by atomic mass is 10.2. The van der Waals surface area contributed by atoms with Gasteiger partial charge in [-0.1, -0.05) is 0 Å². The summed E-state index contributed by atoms with van der Waals surface area (Å²) in [6.07, 6.45) is 0. The summed E-state index contributed by atoms with van der Waals surface area (Å²) in [4.78, 5) is 25.1. The van der Waals surface area contributed by atoms with Crippen molar-refractivity contribution in [2.24, 2.45) is 0 Å². The minimum absolute atomic E-state index is 0.199. The van der Waals surface area contributed by atoms with Crippen LogP contribution < -0.4 is 10.6 Å². The molecular weight excluding hydrogens is 268 g/mol. The standard InChI is InChI=1S/C13H15F2N3O2/c14-9-1-2-10(11(15)7-9)13(20)17-8-12(19)18-5-3-16-4-6-18/h1-2,7,16H,3-6,8H2,(H,17,20). The molecule has 0 aliphatic carbocycles. The van der Waals surface area contributed by atoms with E-state index in [4.69, 9.17) is 0 Å². The minimum atomic E-state index is -0.947. The second kappa shape index (κ2) is 6.42. The molecule has 2 N–H and O–H groups in total. The fourth-order valence-electron chi connectivity index (χ4n) is 1.95. The Morgan fingerprint density at radius 1 is 1.25 bits per heavy atom. The van der Waals surface area contributed by atoms with Crippen LogP contribution in [0.15, 0.2) is 18.2 Å². The van der Waals surface area contributed by atoms with E-state index in [9.17, 15) is 18.4 Å². The lowest BCUT2D eigenvalue weighted by molar-refractivity contribution is -0.130. The summed E-state index contributed by atoms with van der Waals surface area (Å²) in [6.45, 7) is 2.40. The second-order valence-corrected chi connectivity index (χ2v) is 4.44. The topological polar surface area (TPSA) is 61.4 Å². The third kappa shape index (κ3) is 3.51. The summed E-state index contributed by atoms with van der Waals surface area (Å²) in [5, 5.41) is 5.45. The zero-order valence-corrected chi connectivity index (χ0v) is 10.8. The largest absolute Gasteiger partial charge is 0.343 e. The lowest BCUT2D eigenvalue weighted by Gasteiger charge is -2.27.